The van der Waals surface area contributed by atoms with E-state index in [2.05, 4.69) is 85.1 Å². The van der Waals surface area contributed by atoms with Gasteiger partial charge in [0, 0.05) is 37.4 Å². The fraction of sp³-hybridized carbons (Fsp3) is 0.367. The number of aliphatic hydroxyl groups excluding tert-OH is 1. The molecule has 1 aliphatic rings. The monoisotopic (exact) mass is 1200 g/mol. The van der Waals surface area contributed by atoms with Crippen molar-refractivity contribution in [2.24, 2.45) is 0 Å². The fourth-order valence-corrected chi connectivity index (χ4v) is 14.2. The lowest BCUT2D eigenvalue weighted by molar-refractivity contribution is -0.604. The van der Waals surface area contributed by atoms with Gasteiger partial charge in [0.1, 0.15) is 29.4 Å². The molecule has 8 rings (SSSR count). The molecule has 1 aliphatic carbocycles. The number of thiophene rings is 2. The maximum Gasteiger partial charge on any atom is 0.392 e. The van der Waals surface area contributed by atoms with E-state index in [1.54, 1.807) is 11.3 Å². The van der Waals surface area contributed by atoms with Crippen LogP contribution in [0.5, 0.6) is 0 Å². The van der Waals surface area contributed by atoms with E-state index < -0.39 is 21.2 Å². The number of benzene rings is 1. The van der Waals surface area contributed by atoms with Crippen LogP contribution in [0.3, 0.4) is 0 Å². The molecule has 0 spiro atoms. The van der Waals surface area contributed by atoms with E-state index in [1.165, 1.54) is 16.7 Å². The van der Waals surface area contributed by atoms with Crippen molar-refractivity contribution in [3.8, 4) is 0 Å². The van der Waals surface area contributed by atoms with Crippen molar-refractivity contribution in [2.75, 3.05) is 0 Å². The lowest BCUT2D eigenvalue weighted by Crippen LogP contribution is -3.62. The normalized spacial score (nSPS) is 10.3. The molecule has 6 nitrogen and oxygen atoms in total. The molecular weight excluding hydrogens is 1120 g/mol. The molecule has 7 aromatic rings. The molecule has 0 saturated heterocycles. The number of imidazole rings is 2. The Bertz CT molecular complexity index is 2010. The van der Waals surface area contributed by atoms with E-state index in [1.807, 2.05) is 155 Å². The molecule has 0 saturated carbocycles. The Kier molecular flexibility index (Phi) is 44.5. The summed E-state index contributed by atoms with van der Waals surface area (Å²) in [5.41, 5.74) is 2.08. The van der Waals surface area contributed by atoms with Crippen LogP contribution in [-0.4, -0.2) is 29.7 Å². The van der Waals surface area contributed by atoms with E-state index >= 15 is 0 Å². The summed E-state index contributed by atoms with van der Waals surface area (Å²) in [6.07, 6.45) is 10.3. The van der Waals surface area contributed by atoms with Gasteiger partial charge in [0.25, 0.3) is 11.0 Å². The van der Waals surface area contributed by atoms with Crippen LogP contribution in [0, 0.1) is 16.7 Å². The second-order valence-corrected chi connectivity index (χ2v) is 21.3. The van der Waals surface area contributed by atoms with Gasteiger partial charge >= 0.3 is 63.6 Å². The number of pyridine rings is 2. The van der Waals surface area contributed by atoms with Gasteiger partial charge in [-0.25, -0.2) is 9.97 Å². The second-order valence-electron chi connectivity index (χ2n) is 9.47. The molecular formula is C49H76I3N4O2S2+3. The molecule has 0 fully saturated rings. The number of allylic oxidation sites excluding steroid dienone is 2. The number of ketones is 1. The van der Waals surface area contributed by atoms with Crippen molar-refractivity contribution < 1.29 is 73.5 Å². The van der Waals surface area contributed by atoms with Gasteiger partial charge in [0.15, 0.2) is 3.57 Å². The Morgan fingerprint density at radius 2 is 0.967 bits per heavy atom. The molecule has 0 radical (unpaired) electrons. The fourth-order valence-electron chi connectivity index (χ4n) is 4.25. The Labute approximate surface area is 405 Å². The van der Waals surface area contributed by atoms with Crippen LogP contribution in [0.4, 0.5) is 0 Å². The summed E-state index contributed by atoms with van der Waals surface area (Å²) in [6, 6.07) is 31.2. The maximum atomic E-state index is 11.5. The Balaban J connectivity index is -0.000000341. The SMILES string of the molecule is C.C.C.CC.CC.CC.CC.CC.CC.O=C1CCCC(O)=C1[I+]c1cccs1.c1ccc([I+]c2cnc3ccccn23)cc1.c1csc([I+]c2cnc3ccccn23)c1. The van der Waals surface area contributed by atoms with Crippen molar-refractivity contribution in [2.45, 2.75) is 125 Å². The third-order valence-corrected chi connectivity index (χ3v) is 17.8. The number of nitrogens with zero attached hydrogens (tertiary/aromatic N) is 4. The number of carbonyl (C=O) groups is 1. The Morgan fingerprint density at radius 1 is 0.533 bits per heavy atom. The smallest absolute Gasteiger partial charge is 0.392 e. The number of hydrogen-bond acceptors (Lipinski definition) is 6. The quantitative estimate of drug-likeness (QED) is 0.191. The zero-order chi connectivity index (χ0) is 42.8. The largest absolute Gasteiger partial charge is 0.507 e. The summed E-state index contributed by atoms with van der Waals surface area (Å²) < 4.78 is 11.9. The van der Waals surface area contributed by atoms with Gasteiger partial charge in [-0.15, -0.1) is 0 Å². The number of hydrogen-bond donors (Lipinski definition) is 1. The van der Waals surface area contributed by atoms with Crippen molar-refractivity contribution in [1.29, 1.82) is 0 Å². The summed E-state index contributed by atoms with van der Waals surface area (Å²) in [5.74, 6) is 0.511. The predicted molar refractivity (Wildman–Crippen MR) is 256 cm³/mol. The molecule has 1 aromatic carbocycles. The molecule has 0 unspecified atom stereocenters. The van der Waals surface area contributed by atoms with Crippen LogP contribution in [0.15, 0.2) is 136 Å². The summed E-state index contributed by atoms with van der Waals surface area (Å²) in [6.45, 7) is 24.0. The first-order valence-electron chi connectivity index (χ1n) is 20.0. The summed E-state index contributed by atoms with van der Waals surface area (Å²) >= 11 is 2.86. The molecule has 60 heavy (non-hydrogen) atoms. The Hall–Kier alpha value is -2.60. The third-order valence-electron chi connectivity index (χ3n) is 6.35. The molecule has 6 heterocycles. The second kappa shape index (κ2) is 41.7. The van der Waals surface area contributed by atoms with E-state index in [-0.39, 0.29) is 70.5 Å². The highest BCUT2D eigenvalue weighted by Gasteiger charge is 2.34. The third kappa shape index (κ3) is 22.5. The van der Waals surface area contributed by atoms with Crippen molar-refractivity contribution in [3.63, 3.8) is 0 Å². The van der Waals surface area contributed by atoms with Gasteiger partial charge in [-0.3, -0.25) is 13.6 Å². The van der Waals surface area contributed by atoms with E-state index in [9.17, 15) is 9.90 Å². The van der Waals surface area contributed by atoms with Gasteiger partial charge < -0.3 is 5.11 Å². The molecule has 334 valence electrons. The number of rotatable bonds is 6. The van der Waals surface area contributed by atoms with Crippen LogP contribution < -0.4 is 63.6 Å². The maximum absolute atomic E-state index is 11.5. The minimum atomic E-state index is -0.439. The molecule has 1 N–H and O–H groups in total. The van der Waals surface area contributed by atoms with Crippen LogP contribution in [0.1, 0.15) is 125 Å². The molecule has 6 aromatic heterocycles. The lowest BCUT2D eigenvalue weighted by atomic mass is 10.1. The first kappa shape index (κ1) is 64.0. The summed E-state index contributed by atoms with van der Waals surface area (Å²) in [4.78, 5) is 20.3. The number of aromatic nitrogens is 4. The molecule has 0 aliphatic heterocycles. The van der Waals surface area contributed by atoms with E-state index in [0.29, 0.717) is 18.6 Å². The highest BCUT2D eigenvalue weighted by atomic mass is 127. The van der Waals surface area contributed by atoms with Crippen LogP contribution in [0.2, 0.25) is 0 Å². The highest BCUT2D eigenvalue weighted by molar-refractivity contribution is 7.07. The van der Waals surface area contributed by atoms with Gasteiger partial charge in [-0.2, -0.15) is 0 Å². The molecule has 0 atom stereocenters. The zero-order valence-corrected chi connectivity index (χ0v) is 43.9. The van der Waals surface area contributed by atoms with Crippen LogP contribution >= 0.6 is 22.7 Å². The predicted octanol–water partition coefficient (Wildman–Crippen LogP) is 6.58. The van der Waals surface area contributed by atoms with Crippen molar-refractivity contribution in [3.05, 3.63) is 153 Å². The number of carbonyl (C=O) groups excluding carboxylic acids is 1. The average molecular weight is 1200 g/mol. The number of aliphatic hydroxyl groups is 1. The first-order valence-corrected chi connectivity index (χ1v) is 28.2. The van der Waals surface area contributed by atoms with Crippen molar-refractivity contribution >= 4 is 39.8 Å². The summed E-state index contributed by atoms with van der Waals surface area (Å²) in [5, 5.41) is 13.8. The molecule has 0 bridgehead atoms. The minimum absolute atomic E-state index is 0. The lowest BCUT2D eigenvalue weighted by Gasteiger charge is -2.05. The number of fused-ring (bicyclic) bond motifs is 2. The topological polar surface area (TPSA) is 71.9 Å². The van der Waals surface area contributed by atoms with E-state index in [0.717, 1.165) is 21.3 Å². The summed E-state index contributed by atoms with van der Waals surface area (Å²) in [7, 11) is 0. The van der Waals surface area contributed by atoms with Crippen LogP contribution in [0.25, 0.3) is 11.3 Å². The van der Waals surface area contributed by atoms with Gasteiger partial charge in [0.05, 0.1) is 0 Å². The molecule has 0 amide bonds. The van der Waals surface area contributed by atoms with Crippen LogP contribution in [-0.2, 0) is 4.79 Å². The number of halogens is 3. The van der Waals surface area contributed by atoms with Gasteiger partial charge in [-0.05, 0) is 65.7 Å². The standard InChI is InChI=1S/C13H10IN2.C11H8IN2S.C10H9IO2S.6C2H6.3CH4/c1-2-6-11(7-3-1)14-12-10-15-13-8-4-5-9-16(12)13;1-2-6-14-9(8-13-11(14)5-1)12-10-4-3-7-15-10;12-7-3-1-4-8(13)10(7)11-9-5-2-6-14-9;6*1-2;;;/h1-10H;1-8H;2,5-6H,1,3-4H2;6*1-2H3;3*1H4/q2*+1;;;;;;;;;;/p+1. The number of Topliss-reactive ketones (excluding diaryl/α,β-unsaturated/α-hetero) is 1. The minimum Gasteiger partial charge on any atom is -0.507 e. The zero-order valence-electron chi connectivity index (χ0n) is 35.8. The van der Waals surface area contributed by atoms with Gasteiger partial charge in [-0.1, -0.05) is 158 Å². The van der Waals surface area contributed by atoms with Crippen molar-refractivity contribution in [1.82, 2.24) is 18.8 Å². The highest BCUT2D eigenvalue weighted by Crippen LogP contribution is 2.14. The van der Waals surface area contributed by atoms with E-state index in [4.69, 9.17) is 0 Å². The first-order chi connectivity index (χ1) is 28.1. The Morgan fingerprint density at radius 3 is 1.40 bits per heavy atom. The average Bonchev–Trinajstić information content (AvgIpc) is 4.15. The molecule has 11 heteroatoms. The van der Waals surface area contributed by atoms with Gasteiger partial charge in [0.2, 0.25) is 11.6 Å².